The third-order valence-corrected chi connectivity index (χ3v) is 5.55. The quantitative estimate of drug-likeness (QED) is 0.609. The van der Waals surface area contributed by atoms with Gasteiger partial charge < -0.3 is 10.3 Å². The van der Waals surface area contributed by atoms with Crippen molar-refractivity contribution >= 4 is 28.3 Å². The number of hydrogen-bond donors (Lipinski definition) is 2. The number of alkyl halides is 3. The second-order valence-electron chi connectivity index (χ2n) is 7.47. The number of imidazole rings is 1. The fraction of sp³-hybridized carbons (Fsp3) is 0.286. The van der Waals surface area contributed by atoms with Gasteiger partial charge in [0.25, 0.3) is 5.91 Å². The number of fused-ring (bicyclic) bond motifs is 1. The molecule has 2 aromatic carbocycles. The number of anilines is 1. The highest BCUT2D eigenvalue weighted by Crippen LogP contribution is 2.42. The van der Waals surface area contributed by atoms with Gasteiger partial charge in [0.05, 0.1) is 23.2 Å². The van der Waals surface area contributed by atoms with Crippen LogP contribution in [0.4, 0.5) is 24.5 Å². The summed E-state index contributed by atoms with van der Waals surface area (Å²) < 4.78 is 41.1. The van der Waals surface area contributed by atoms with E-state index in [1.54, 1.807) is 12.1 Å². The predicted molar refractivity (Wildman–Crippen MR) is 105 cm³/mol. The first-order chi connectivity index (χ1) is 14.2. The van der Waals surface area contributed by atoms with Crippen LogP contribution in [0.5, 0.6) is 0 Å². The highest BCUT2D eigenvalue weighted by atomic mass is 19.4. The lowest BCUT2D eigenvalue weighted by Gasteiger charge is -2.41. The molecule has 30 heavy (non-hydrogen) atoms. The van der Waals surface area contributed by atoms with Crippen LogP contribution in [0.3, 0.4) is 0 Å². The van der Waals surface area contributed by atoms with Crippen molar-refractivity contribution in [3.63, 3.8) is 0 Å². The maximum atomic E-state index is 13.2. The van der Waals surface area contributed by atoms with E-state index in [0.717, 1.165) is 17.7 Å². The third kappa shape index (κ3) is 3.05. The fourth-order valence-electron chi connectivity index (χ4n) is 3.90. The number of aromatic nitrogens is 2. The average Bonchev–Trinajstić information content (AvgIpc) is 2.95. The summed E-state index contributed by atoms with van der Waals surface area (Å²) in [6.07, 6.45) is -3.22. The number of aromatic amines is 1. The van der Waals surface area contributed by atoms with Gasteiger partial charge in [-0.05, 0) is 56.0 Å². The minimum Gasteiger partial charge on any atom is -0.324 e. The molecule has 2 N–H and O–H groups in total. The van der Waals surface area contributed by atoms with Crippen LogP contribution in [-0.4, -0.2) is 15.5 Å². The molecule has 0 saturated heterocycles. The predicted octanol–water partition coefficient (Wildman–Crippen LogP) is 4.73. The standard InChI is InChI=1S/C21H17F3N4O2/c1-12-4-7-17-16(10-12)27-19(30)28(17)20(8-3-9-20)18(29)26-13-5-6-15(25-2)14(11-13)21(22,23)24/h4-7,10-11H,3,8-9H2,1H3,(H,26,29)(H,27,30). The number of carbonyl (C=O) groups is 1. The summed E-state index contributed by atoms with van der Waals surface area (Å²) in [5, 5.41) is 2.52. The van der Waals surface area contributed by atoms with Gasteiger partial charge in [0.15, 0.2) is 5.69 Å². The molecule has 0 bridgehead atoms. The van der Waals surface area contributed by atoms with Crippen LogP contribution in [0.15, 0.2) is 41.2 Å². The minimum absolute atomic E-state index is 0.0743. The van der Waals surface area contributed by atoms with Crippen molar-refractivity contribution in [2.45, 2.75) is 37.9 Å². The lowest BCUT2D eigenvalue weighted by molar-refractivity contribution is -0.137. The molecule has 0 spiro atoms. The summed E-state index contributed by atoms with van der Waals surface area (Å²) in [5.41, 5.74) is -1.23. The first-order valence-electron chi connectivity index (χ1n) is 9.28. The number of halogens is 3. The monoisotopic (exact) mass is 414 g/mol. The van der Waals surface area contributed by atoms with Crippen LogP contribution in [0.2, 0.25) is 0 Å². The number of H-pyrrole nitrogens is 1. The Morgan fingerprint density at radius 2 is 1.97 bits per heavy atom. The fourth-order valence-corrected chi connectivity index (χ4v) is 3.90. The molecule has 1 fully saturated rings. The van der Waals surface area contributed by atoms with Gasteiger partial charge in [-0.25, -0.2) is 9.64 Å². The first kappa shape index (κ1) is 19.8. The maximum Gasteiger partial charge on any atom is 0.407 e. The van der Waals surface area contributed by atoms with E-state index in [-0.39, 0.29) is 5.69 Å². The highest BCUT2D eigenvalue weighted by Gasteiger charge is 2.48. The molecule has 0 radical (unpaired) electrons. The summed E-state index contributed by atoms with van der Waals surface area (Å²) >= 11 is 0. The molecule has 6 nitrogen and oxygen atoms in total. The number of nitrogens with zero attached hydrogens (tertiary/aromatic N) is 2. The van der Waals surface area contributed by atoms with Gasteiger partial charge in [-0.1, -0.05) is 12.1 Å². The van der Waals surface area contributed by atoms with E-state index in [0.29, 0.717) is 30.3 Å². The van der Waals surface area contributed by atoms with Crippen molar-refractivity contribution in [3.05, 3.63) is 69.4 Å². The second kappa shape index (κ2) is 6.76. The number of carbonyl (C=O) groups excluding carboxylic acids is 1. The van der Waals surface area contributed by atoms with Crippen LogP contribution >= 0.6 is 0 Å². The molecule has 4 rings (SSSR count). The molecular formula is C21H17F3N4O2. The van der Waals surface area contributed by atoms with E-state index in [1.807, 2.05) is 13.0 Å². The van der Waals surface area contributed by atoms with Gasteiger partial charge in [-0.15, -0.1) is 0 Å². The Balaban J connectivity index is 1.74. The molecule has 0 atom stereocenters. The van der Waals surface area contributed by atoms with Crippen LogP contribution in [-0.2, 0) is 16.5 Å². The number of nitrogens with one attached hydrogen (secondary N) is 2. The van der Waals surface area contributed by atoms with Gasteiger partial charge in [0, 0.05) is 5.69 Å². The molecular weight excluding hydrogens is 397 g/mol. The highest BCUT2D eigenvalue weighted by molar-refractivity contribution is 5.98. The Morgan fingerprint density at radius 3 is 2.57 bits per heavy atom. The largest absolute Gasteiger partial charge is 0.407 e. The molecule has 9 heteroatoms. The molecule has 3 aromatic rings. The Morgan fingerprint density at radius 1 is 1.23 bits per heavy atom. The van der Waals surface area contributed by atoms with Crippen LogP contribution in [0.1, 0.15) is 30.4 Å². The summed E-state index contributed by atoms with van der Waals surface area (Å²) in [6, 6.07) is 8.42. The number of amides is 1. The summed E-state index contributed by atoms with van der Waals surface area (Å²) in [7, 11) is 0. The number of hydrogen-bond acceptors (Lipinski definition) is 2. The molecule has 154 valence electrons. The Bertz CT molecular complexity index is 1260. The normalized spacial score (nSPS) is 15.4. The van der Waals surface area contributed by atoms with Gasteiger partial charge in [-0.3, -0.25) is 9.36 Å². The maximum absolute atomic E-state index is 13.2. The van der Waals surface area contributed by atoms with Gasteiger partial charge in [0.1, 0.15) is 5.54 Å². The topological polar surface area (TPSA) is 71.2 Å². The van der Waals surface area contributed by atoms with Gasteiger partial charge in [-0.2, -0.15) is 13.2 Å². The molecule has 1 aliphatic rings. The number of benzene rings is 2. The molecule has 1 aromatic heterocycles. The Kier molecular flexibility index (Phi) is 4.45. The van der Waals surface area contributed by atoms with E-state index >= 15 is 0 Å². The molecule has 1 amide bonds. The second-order valence-corrected chi connectivity index (χ2v) is 7.47. The molecule has 1 heterocycles. The van der Waals surface area contributed by atoms with Crippen molar-refractivity contribution in [2.24, 2.45) is 0 Å². The van der Waals surface area contributed by atoms with E-state index in [2.05, 4.69) is 15.1 Å². The van der Waals surface area contributed by atoms with E-state index < -0.39 is 34.6 Å². The zero-order chi connectivity index (χ0) is 21.7. The van der Waals surface area contributed by atoms with E-state index in [1.165, 1.54) is 10.6 Å². The number of aryl methyl sites for hydroxylation is 1. The summed E-state index contributed by atoms with van der Waals surface area (Å²) in [6.45, 7) is 8.80. The lowest BCUT2D eigenvalue weighted by Crippen LogP contribution is -2.54. The molecule has 0 aliphatic heterocycles. The SMILES string of the molecule is [C-]#[N+]c1ccc(NC(=O)C2(n3c(=O)[nH]c4cc(C)ccc43)CCC2)cc1C(F)(F)F. The van der Waals surface area contributed by atoms with Crippen molar-refractivity contribution in [2.75, 3.05) is 5.32 Å². The zero-order valence-corrected chi connectivity index (χ0v) is 15.9. The summed E-state index contributed by atoms with van der Waals surface area (Å²) in [5.74, 6) is -0.555. The van der Waals surface area contributed by atoms with Crippen molar-refractivity contribution < 1.29 is 18.0 Å². The van der Waals surface area contributed by atoms with Crippen molar-refractivity contribution in [1.82, 2.24) is 9.55 Å². The van der Waals surface area contributed by atoms with Crippen molar-refractivity contribution in [3.8, 4) is 0 Å². The smallest absolute Gasteiger partial charge is 0.324 e. The van der Waals surface area contributed by atoms with Gasteiger partial charge in [0.2, 0.25) is 0 Å². The van der Waals surface area contributed by atoms with Crippen LogP contribution in [0, 0.1) is 13.5 Å². The lowest BCUT2D eigenvalue weighted by atomic mass is 9.75. The minimum atomic E-state index is -4.72. The molecule has 1 saturated carbocycles. The Hall–Kier alpha value is -3.54. The molecule has 1 aliphatic carbocycles. The number of rotatable bonds is 3. The van der Waals surface area contributed by atoms with E-state index in [4.69, 9.17) is 6.57 Å². The Labute approximate surface area is 169 Å². The summed E-state index contributed by atoms with van der Waals surface area (Å²) in [4.78, 5) is 31.5. The van der Waals surface area contributed by atoms with Crippen LogP contribution in [0.25, 0.3) is 15.9 Å². The van der Waals surface area contributed by atoms with E-state index in [9.17, 15) is 22.8 Å². The first-order valence-corrected chi connectivity index (χ1v) is 9.28. The third-order valence-electron chi connectivity index (χ3n) is 5.55. The van der Waals surface area contributed by atoms with Crippen LogP contribution < -0.4 is 11.0 Å². The average molecular weight is 414 g/mol. The van der Waals surface area contributed by atoms with Crippen molar-refractivity contribution in [1.29, 1.82) is 0 Å². The zero-order valence-electron chi connectivity index (χ0n) is 15.9. The van der Waals surface area contributed by atoms with Gasteiger partial charge >= 0.3 is 11.9 Å². The molecule has 0 unspecified atom stereocenters.